The maximum atomic E-state index is 12.9. The molecule has 7 heteroatoms. The van der Waals surface area contributed by atoms with Gasteiger partial charge in [0.15, 0.2) is 0 Å². The Bertz CT molecular complexity index is 1410. The number of hydrogen-bond acceptors (Lipinski definition) is 6. The van der Waals surface area contributed by atoms with Crippen LogP contribution in [0.4, 0.5) is 0 Å². The molecule has 0 N–H and O–H groups in total. The average Bonchev–Trinajstić information content (AvgIpc) is 3.22. The van der Waals surface area contributed by atoms with Crippen LogP contribution < -0.4 is 5.63 Å². The fourth-order valence-electron chi connectivity index (χ4n) is 4.90. The number of piperazine rings is 1. The molecule has 1 amide bonds. The number of pyridine rings is 1. The molecule has 0 bridgehead atoms. The molecule has 0 aliphatic carbocycles. The third kappa shape index (κ3) is 4.12. The first-order chi connectivity index (χ1) is 16.4. The fourth-order valence-corrected chi connectivity index (χ4v) is 4.90. The van der Waals surface area contributed by atoms with Gasteiger partial charge in [0.1, 0.15) is 11.2 Å². The van der Waals surface area contributed by atoms with Crippen LogP contribution in [0.1, 0.15) is 34.2 Å². The van der Waals surface area contributed by atoms with E-state index in [0.29, 0.717) is 37.1 Å². The van der Waals surface area contributed by atoms with Gasteiger partial charge < -0.3 is 13.7 Å². The predicted octanol–water partition coefficient (Wildman–Crippen LogP) is 4.14. The number of carbonyl (C=O) groups is 1. The summed E-state index contributed by atoms with van der Waals surface area (Å²) < 4.78 is 11.4. The van der Waals surface area contributed by atoms with E-state index in [4.69, 9.17) is 8.83 Å². The minimum absolute atomic E-state index is 0.0831. The lowest BCUT2D eigenvalue weighted by atomic mass is 9.98. The fraction of sp³-hybridized carbons (Fsp3) is 0.370. The minimum atomic E-state index is -0.370. The molecule has 0 atom stereocenters. The normalized spacial score (nSPS) is 14.9. The molecule has 0 radical (unpaired) electrons. The molecule has 4 aromatic rings. The van der Waals surface area contributed by atoms with Crippen molar-refractivity contribution in [3.05, 3.63) is 75.1 Å². The first-order valence-electron chi connectivity index (χ1n) is 11.7. The van der Waals surface area contributed by atoms with Gasteiger partial charge in [-0.05, 0) is 62.1 Å². The van der Waals surface area contributed by atoms with Gasteiger partial charge in [-0.25, -0.2) is 4.79 Å². The third-order valence-electron chi connectivity index (χ3n) is 7.00. The number of benzene rings is 1. The molecule has 176 valence electrons. The highest BCUT2D eigenvalue weighted by Gasteiger charge is 2.23. The van der Waals surface area contributed by atoms with Crippen molar-refractivity contribution in [2.45, 2.75) is 40.2 Å². The number of carbonyl (C=O) groups excluding carboxylic acids is 1. The van der Waals surface area contributed by atoms with E-state index < -0.39 is 0 Å². The van der Waals surface area contributed by atoms with Crippen molar-refractivity contribution < 1.29 is 13.6 Å². The van der Waals surface area contributed by atoms with Crippen molar-refractivity contribution in [3.63, 3.8) is 0 Å². The predicted molar refractivity (Wildman–Crippen MR) is 131 cm³/mol. The van der Waals surface area contributed by atoms with Gasteiger partial charge in [-0.2, -0.15) is 0 Å². The molecule has 0 unspecified atom stereocenters. The molecule has 1 aliphatic heterocycles. The summed E-state index contributed by atoms with van der Waals surface area (Å²) in [5.41, 5.74) is 5.50. The summed E-state index contributed by atoms with van der Waals surface area (Å²) in [6.07, 6.45) is 6.01. The van der Waals surface area contributed by atoms with E-state index >= 15 is 0 Å². The molecule has 3 aromatic heterocycles. The quantitative estimate of drug-likeness (QED) is 0.418. The number of hydrogen-bond donors (Lipinski definition) is 0. The van der Waals surface area contributed by atoms with Crippen LogP contribution in [0, 0.1) is 20.8 Å². The molecular weight excluding hydrogens is 430 g/mol. The average molecular weight is 460 g/mol. The van der Waals surface area contributed by atoms with Crippen LogP contribution in [-0.2, 0) is 17.8 Å². The summed E-state index contributed by atoms with van der Waals surface area (Å²) in [4.78, 5) is 34.1. The van der Waals surface area contributed by atoms with Crippen molar-refractivity contribution in [2.75, 3.05) is 26.2 Å². The zero-order valence-corrected chi connectivity index (χ0v) is 19.9. The first kappa shape index (κ1) is 22.3. The van der Waals surface area contributed by atoms with Crippen LogP contribution in [0.2, 0.25) is 0 Å². The van der Waals surface area contributed by atoms with Gasteiger partial charge in [-0.1, -0.05) is 0 Å². The number of fused-ring (bicyclic) bond motifs is 2. The molecule has 1 fully saturated rings. The lowest BCUT2D eigenvalue weighted by molar-refractivity contribution is -0.133. The van der Waals surface area contributed by atoms with E-state index in [9.17, 15) is 9.59 Å². The van der Waals surface area contributed by atoms with E-state index in [1.165, 1.54) is 5.56 Å². The zero-order valence-electron chi connectivity index (χ0n) is 19.9. The number of furan rings is 1. The van der Waals surface area contributed by atoms with E-state index in [0.717, 1.165) is 52.7 Å². The van der Waals surface area contributed by atoms with Crippen molar-refractivity contribution >= 4 is 27.8 Å². The summed E-state index contributed by atoms with van der Waals surface area (Å²) in [7, 11) is 0. The largest absolute Gasteiger partial charge is 0.464 e. The van der Waals surface area contributed by atoms with E-state index in [1.807, 2.05) is 43.9 Å². The Balaban J connectivity index is 1.27. The SMILES string of the molecule is Cc1coc2c(C)c3oc(=O)c(CCC(=O)N4CCN(Cc5ccncc5)CC4)c(C)c3cc12. The van der Waals surface area contributed by atoms with Crippen molar-refractivity contribution in [1.82, 2.24) is 14.8 Å². The van der Waals surface area contributed by atoms with E-state index in [2.05, 4.69) is 9.88 Å². The Labute approximate surface area is 198 Å². The number of nitrogens with zero attached hydrogens (tertiary/aromatic N) is 3. The first-order valence-corrected chi connectivity index (χ1v) is 11.7. The van der Waals surface area contributed by atoms with Crippen molar-refractivity contribution in [2.24, 2.45) is 0 Å². The number of rotatable bonds is 5. The minimum Gasteiger partial charge on any atom is -0.464 e. The second-order valence-electron chi connectivity index (χ2n) is 9.18. The highest BCUT2D eigenvalue weighted by Crippen LogP contribution is 2.32. The van der Waals surface area contributed by atoms with Crippen molar-refractivity contribution in [1.29, 1.82) is 0 Å². The van der Waals surface area contributed by atoms with Crippen LogP contribution in [0.3, 0.4) is 0 Å². The summed E-state index contributed by atoms with van der Waals surface area (Å²) >= 11 is 0. The zero-order chi connectivity index (χ0) is 23.8. The molecule has 0 saturated carbocycles. The summed E-state index contributed by atoms with van der Waals surface area (Å²) in [6.45, 7) is 9.80. The van der Waals surface area contributed by atoms with Gasteiger partial charge in [0, 0.05) is 73.4 Å². The van der Waals surface area contributed by atoms with Gasteiger partial charge >= 0.3 is 5.63 Å². The highest BCUT2D eigenvalue weighted by atomic mass is 16.4. The van der Waals surface area contributed by atoms with Gasteiger partial charge in [-0.3, -0.25) is 14.7 Å². The lowest BCUT2D eigenvalue weighted by Gasteiger charge is -2.34. The van der Waals surface area contributed by atoms with Crippen LogP contribution in [0.25, 0.3) is 21.9 Å². The van der Waals surface area contributed by atoms with Crippen LogP contribution in [0.5, 0.6) is 0 Å². The molecule has 0 spiro atoms. The molecular formula is C27H29N3O4. The Kier molecular flexibility index (Phi) is 5.96. The van der Waals surface area contributed by atoms with Crippen molar-refractivity contribution in [3.8, 4) is 0 Å². The summed E-state index contributed by atoms with van der Waals surface area (Å²) in [6, 6.07) is 6.08. The Hall–Kier alpha value is -3.45. The second kappa shape index (κ2) is 9.06. The van der Waals surface area contributed by atoms with Gasteiger partial charge in [-0.15, -0.1) is 0 Å². The molecule has 1 saturated heterocycles. The number of amides is 1. The summed E-state index contributed by atoms with van der Waals surface area (Å²) in [5, 5.41) is 1.93. The Morgan fingerprint density at radius 2 is 1.74 bits per heavy atom. The maximum absolute atomic E-state index is 12.9. The number of aromatic nitrogens is 1. The Morgan fingerprint density at radius 1 is 1.00 bits per heavy atom. The Morgan fingerprint density at radius 3 is 2.47 bits per heavy atom. The van der Waals surface area contributed by atoms with Crippen LogP contribution in [-0.4, -0.2) is 46.9 Å². The second-order valence-corrected chi connectivity index (χ2v) is 9.18. The molecule has 34 heavy (non-hydrogen) atoms. The lowest BCUT2D eigenvalue weighted by Crippen LogP contribution is -2.48. The van der Waals surface area contributed by atoms with Crippen LogP contribution >= 0.6 is 0 Å². The molecule has 4 heterocycles. The topological polar surface area (TPSA) is 79.8 Å². The van der Waals surface area contributed by atoms with Gasteiger partial charge in [0.25, 0.3) is 0 Å². The summed E-state index contributed by atoms with van der Waals surface area (Å²) in [5.74, 6) is 0.0831. The van der Waals surface area contributed by atoms with E-state index in [-0.39, 0.29) is 11.5 Å². The third-order valence-corrected chi connectivity index (χ3v) is 7.00. The van der Waals surface area contributed by atoms with Gasteiger partial charge in [0.05, 0.1) is 6.26 Å². The molecule has 1 aromatic carbocycles. The standard InChI is InChI=1S/C27H29N3O4/c1-17-16-33-25-19(3)26-23(14-22(17)25)18(2)21(27(32)34-26)4-5-24(31)30-12-10-29(11-13-30)15-20-6-8-28-9-7-20/h6-9,14,16H,4-5,10-13,15H2,1-3H3. The monoisotopic (exact) mass is 459 g/mol. The molecule has 5 rings (SSSR count). The van der Waals surface area contributed by atoms with Gasteiger partial charge in [0.2, 0.25) is 5.91 Å². The molecule has 7 nitrogen and oxygen atoms in total. The van der Waals surface area contributed by atoms with E-state index in [1.54, 1.807) is 18.7 Å². The number of aryl methyl sites for hydroxylation is 3. The highest BCUT2D eigenvalue weighted by molar-refractivity contribution is 5.99. The smallest absolute Gasteiger partial charge is 0.339 e. The molecule has 1 aliphatic rings. The van der Waals surface area contributed by atoms with Crippen LogP contribution in [0.15, 0.2) is 50.5 Å². The maximum Gasteiger partial charge on any atom is 0.339 e.